The third-order valence-corrected chi connectivity index (χ3v) is 5.26. The Hall–Kier alpha value is -3.21. The number of aromatic nitrogens is 2. The molecule has 1 aliphatic rings. The van der Waals surface area contributed by atoms with Gasteiger partial charge in [0, 0.05) is 23.6 Å². The third-order valence-electron chi connectivity index (χ3n) is 5.26. The second-order valence-electron chi connectivity index (χ2n) is 7.81. The molecule has 2 aromatic carbocycles. The number of hydrogen-bond acceptors (Lipinski definition) is 4. The zero-order valence-corrected chi connectivity index (χ0v) is 17.1. The van der Waals surface area contributed by atoms with Crippen LogP contribution in [0, 0.1) is 6.92 Å². The fourth-order valence-corrected chi connectivity index (χ4v) is 3.70. The summed E-state index contributed by atoms with van der Waals surface area (Å²) in [5.74, 6) is 0.840. The van der Waals surface area contributed by atoms with Crippen LogP contribution in [0.3, 0.4) is 0 Å². The number of benzene rings is 2. The molecule has 0 bridgehead atoms. The Morgan fingerprint density at radius 3 is 2.59 bits per heavy atom. The zero-order valence-electron chi connectivity index (χ0n) is 17.1. The second-order valence-corrected chi connectivity index (χ2v) is 7.81. The molecule has 1 aliphatic heterocycles. The van der Waals surface area contributed by atoms with E-state index in [0.29, 0.717) is 24.1 Å². The smallest absolute Gasteiger partial charge is 0.277 e. The molecule has 5 heteroatoms. The second kappa shape index (κ2) is 8.03. The summed E-state index contributed by atoms with van der Waals surface area (Å²) in [6.07, 6.45) is 1.96. The minimum absolute atomic E-state index is 0.0825. The Morgan fingerprint density at radius 1 is 1.07 bits per heavy atom. The molecule has 3 aromatic rings. The highest BCUT2D eigenvalue weighted by atomic mass is 16.2. The molecule has 0 saturated heterocycles. The van der Waals surface area contributed by atoms with Crippen LogP contribution in [0.5, 0.6) is 0 Å². The molecule has 5 nitrogen and oxygen atoms in total. The summed E-state index contributed by atoms with van der Waals surface area (Å²) < 4.78 is 0. The summed E-state index contributed by atoms with van der Waals surface area (Å²) in [6.45, 7) is 6.93. The first-order valence-corrected chi connectivity index (χ1v) is 10.1. The van der Waals surface area contributed by atoms with Crippen molar-refractivity contribution in [1.29, 1.82) is 0 Å². The van der Waals surface area contributed by atoms with Crippen molar-refractivity contribution in [3.05, 3.63) is 77.1 Å². The zero-order chi connectivity index (χ0) is 20.4. The summed E-state index contributed by atoms with van der Waals surface area (Å²) in [5, 5.41) is 3.24. The summed E-state index contributed by atoms with van der Waals surface area (Å²) in [5.41, 5.74) is 5.55. The van der Waals surface area contributed by atoms with Crippen LogP contribution in [-0.4, -0.2) is 22.4 Å². The number of para-hydroxylation sites is 1. The van der Waals surface area contributed by atoms with Crippen LogP contribution < -0.4 is 10.2 Å². The van der Waals surface area contributed by atoms with E-state index in [1.165, 1.54) is 11.1 Å². The number of aryl methyl sites for hydroxylation is 2. The third kappa shape index (κ3) is 4.14. The molecule has 0 unspecified atom stereocenters. The molecule has 0 spiro atoms. The van der Waals surface area contributed by atoms with Crippen molar-refractivity contribution in [3.8, 4) is 0 Å². The standard InChI is InChI=1S/C24H26N4O/c1-16(2)18-10-12-20(13-11-18)26-24-25-17(3)15-21(27-24)23(29)28-14-6-8-19-7-4-5-9-22(19)28/h4-5,7,9-13,15-16H,6,8,14H2,1-3H3,(H,25,26,27). The molecule has 0 fully saturated rings. The summed E-state index contributed by atoms with van der Waals surface area (Å²) >= 11 is 0. The van der Waals surface area contributed by atoms with Gasteiger partial charge in [0.15, 0.2) is 0 Å². The lowest BCUT2D eigenvalue weighted by atomic mass is 10.0. The van der Waals surface area contributed by atoms with Crippen molar-refractivity contribution in [3.63, 3.8) is 0 Å². The Kier molecular flexibility index (Phi) is 5.30. The van der Waals surface area contributed by atoms with E-state index in [4.69, 9.17) is 0 Å². The monoisotopic (exact) mass is 386 g/mol. The van der Waals surface area contributed by atoms with Crippen molar-refractivity contribution in [2.75, 3.05) is 16.8 Å². The van der Waals surface area contributed by atoms with E-state index in [-0.39, 0.29) is 5.91 Å². The van der Waals surface area contributed by atoms with Gasteiger partial charge >= 0.3 is 0 Å². The van der Waals surface area contributed by atoms with Crippen LogP contribution in [0.4, 0.5) is 17.3 Å². The van der Waals surface area contributed by atoms with Gasteiger partial charge in [-0.3, -0.25) is 4.79 Å². The molecule has 2 heterocycles. The Labute approximate surface area is 171 Å². The lowest BCUT2D eigenvalue weighted by molar-refractivity contribution is 0.0980. The molecule has 1 N–H and O–H groups in total. The average Bonchev–Trinajstić information content (AvgIpc) is 2.73. The molecule has 148 valence electrons. The van der Waals surface area contributed by atoms with E-state index in [2.05, 4.69) is 47.3 Å². The van der Waals surface area contributed by atoms with Gasteiger partial charge in [-0.15, -0.1) is 0 Å². The Balaban J connectivity index is 1.59. The largest absolute Gasteiger partial charge is 0.324 e. The first-order chi connectivity index (χ1) is 14.0. The summed E-state index contributed by atoms with van der Waals surface area (Å²) in [4.78, 5) is 24.1. The predicted octanol–water partition coefficient (Wildman–Crippen LogP) is 5.25. The molecule has 0 radical (unpaired) electrons. The van der Waals surface area contributed by atoms with E-state index in [1.54, 1.807) is 6.07 Å². The lowest BCUT2D eigenvalue weighted by Gasteiger charge is -2.29. The summed E-state index contributed by atoms with van der Waals surface area (Å²) in [6, 6.07) is 18.1. The highest BCUT2D eigenvalue weighted by Crippen LogP contribution is 2.28. The van der Waals surface area contributed by atoms with E-state index in [9.17, 15) is 4.79 Å². The lowest BCUT2D eigenvalue weighted by Crippen LogP contribution is -2.36. The topological polar surface area (TPSA) is 58.1 Å². The molecule has 29 heavy (non-hydrogen) atoms. The quantitative estimate of drug-likeness (QED) is 0.666. The number of nitrogens with zero attached hydrogens (tertiary/aromatic N) is 3. The molecule has 0 atom stereocenters. The minimum atomic E-state index is -0.0825. The number of hydrogen-bond donors (Lipinski definition) is 1. The molecule has 4 rings (SSSR count). The predicted molar refractivity (Wildman–Crippen MR) is 117 cm³/mol. The highest BCUT2D eigenvalue weighted by Gasteiger charge is 2.24. The van der Waals surface area contributed by atoms with Crippen molar-refractivity contribution in [1.82, 2.24) is 9.97 Å². The van der Waals surface area contributed by atoms with E-state index in [0.717, 1.165) is 29.9 Å². The van der Waals surface area contributed by atoms with Crippen molar-refractivity contribution in [2.45, 2.75) is 39.5 Å². The maximum absolute atomic E-state index is 13.2. The maximum Gasteiger partial charge on any atom is 0.277 e. The van der Waals surface area contributed by atoms with Crippen LogP contribution in [0.25, 0.3) is 0 Å². The molecule has 0 aliphatic carbocycles. The highest BCUT2D eigenvalue weighted by molar-refractivity contribution is 6.05. The number of nitrogens with one attached hydrogen (secondary N) is 1. The fourth-order valence-electron chi connectivity index (χ4n) is 3.70. The van der Waals surface area contributed by atoms with Gasteiger partial charge in [0.05, 0.1) is 0 Å². The van der Waals surface area contributed by atoms with Crippen LogP contribution in [0.2, 0.25) is 0 Å². The van der Waals surface area contributed by atoms with Crippen LogP contribution in [-0.2, 0) is 6.42 Å². The van der Waals surface area contributed by atoms with Gasteiger partial charge in [0.2, 0.25) is 5.95 Å². The average molecular weight is 386 g/mol. The van der Waals surface area contributed by atoms with Crippen molar-refractivity contribution < 1.29 is 4.79 Å². The Bertz CT molecular complexity index is 1030. The number of fused-ring (bicyclic) bond motifs is 1. The molecular weight excluding hydrogens is 360 g/mol. The van der Waals surface area contributed by atoms with Crippen molar-refractivity contribution >= 4 is 23.2 Å². The molecule has 0 saturated carbocycles. The van der Waals surface area contributed by atoms with Gasteiger partial charge in [0.1, 0.15) is 5.69 Å². The summed E-state index contributed by atoms with van der Waals surface area (Å²) in [7, 11) is 0. The molecular formula is C24H26N4O. The fraction of sp³-hybridized carbons (Fsp3) is 0.292. The van der Waals surface area contributed by atoms with E-state index < -0.39 is 0 Å². The van der Waals surface area contributed by atoms with Gasteiger partial charge < -0.3 is 10.2 Å². The maximum atomic E-state index is 13.2. The van der Waals surface area contributed by atoms with Gasteiger partial charge in [-0.2, -0.15) is 0 Å². The normalized spacial score (nSPS) is 13.3. The van der Waals surface area contributed by atoms with Crippen LogP contribution in [0.15, 0.2) is 54.6 Å². The number of carbonyl (C=O) groups is 1. The van der Waals surface area contributed by atoms with E-state index in [1.807, 2.05) is 42.2 Å². The number of carbonyl (C=O) groups excluding carboxylic acids is 1. The van der Waals surface area contributed by atoms with Crippen molar-refractivity contribution in [2.24, 2.45) is 0 Å². The first kappa shape index (κ1) is 19.1. The van der Waals surface area contributed by atoms with E-state index >= 15 is 0 Å². The number of rotatable bonds is 4. The van der Waals surface area contributed by atoms with Gasteiger partial charge in [-0.05, 0) is 61.1 Å². The first-order valence-electron chi connectivity index (χ1n) is 10.1. The Morgan fingerprint density at radius 2 is 1.83 bits per heavy atom. The SMILES string of the molecule is Cc1cc(C(=O)N2CCCc3ccccc32)nc(Nc2ccc(C(C)C)cc2)n1. The van der Waals surface area contributed by atoms with Gasteiger partial charge in [-0.25, -0.2) is 9.97 Å². The van der Waals surface area contributed by atoms with Gasteiger partial charge in [0.25, 0.3) is 5.91 Å². The van der Waals surface area contributed by atoms with Crippen LogP contribution in [0.1, 0.15) is 53.5 Å². The molecule has 1 amide bonds. The minimum Gasteiger partial charge on any atom is -0.324 e. The molecule has 1 aromatic heterocycles. The number of anilines is 3. The number of amides is 1. The van der Waals surface area contributed by atoms with Crippen LogP contribution >= 0.6 is 0 Å². The van der Waals surface area contributed by atoms with Gasteiger partial charge in [-0.1, -0.05) is 44.2 Å².